The minimum absolute atomic E-state index is 0.648. The summed E-state index contributed by atoms with van der Waals surface area (Å²) in [4.78, 5) is 4.11. The molecule has 2 aromatic rings. The maximum atomic E-state index is 10.4. The van der Waals surface area contributed by atoms with Crippen molar-refractivity contribution >= 4 is 43.2 Å². The van der Waals surface area contributed by atoms with Crippen molar-refractivity contribution in [1.82, 2.24) is 4.98 Å². The van der Waals surface area contributed by atoms with Crippen LogP contribution in [0.3, 0.4) is 0 Å². The Kier molecular flexibility index (Phi) is 5.38. The molecule has 0 aliphatic rings. The monoisotopic (exact) mass is 405 g/mol. The Hall–Kier alpha value is -0.430. The molecule has 0 aromatic carbocycles. The van der Waals surface area contributed by atoms with E-state index in [0.717, 1.165) is 25.1 Å². The van der Waals surface area contributed by atoms with E-state index < -0.39 is 6.10 Å². The standard InChI is InChI=1S/C13H13Br2NO2S/c1-2-3-18-9-4-8(6-16-7-9)12(17)10-5-11(14)19-13(10)15/h4-7,12,17H,2-3H2,1H3. The minimum Gasteiger partial charge on any atom is -0.492 e. The fraction of sp³-hybridized carbons (Fsp3) is 0.308. The molecule has 0 saturated heterocycles. The molecule has 0 bridgehead atoms. The molecule has 0 amide bonds. The summed E-state index contributed by atoms with van der Waals surface area (Å²) >= 11 is 8.39. The number of aliphatic hydroxyl groups is 1. The Balaban J connectivity index is 2.23. The highest BCUT2D eigenvalue weighted by atomic mass is 79.9. The topological polar surface area (TPSA) is 42.4 Å². The van der Waals surface area contributed by atoms with E-state index in [-0.39, 0.29) is 0 Å². The summed E-state index contributed by atoms with van der Waals surface area (Å²) in [7, 11) is 0. The van der Waals surface area contributed by atoms with E-state index in [4.69, 9.17) is 4.74 Å². The quantitative estimate of drug-likeness (QED) is 0.792. The van der Waals surface area contributed by atoms with E-state index in [1.54, 1.807) is 12.4 Å². The number of halogens is 2. The van der Waals surface area contributed by atoms with E-state index in [1.165, 1.54) is 11.3 Å². The molecule has 0 radical (unpaired) electrons. The van der Waals surface area contributed by atoms with Crippen molar-refractivity contribution in [2.75, 3.05) is 6.61 Å². The third kappa shape index (κ3) is 3.78. The van der Waals surface area contributed by atoms with Crippen molar-refractivity contribution in [1.29, 1.82) is 0 Å². The molecule has 0 spiro atoms. The molecule has 2 heterocycles. The van der Waals surface area contributed by atoms with Gasteiger partial charge in [-0.25, -0.2) is 0 Å². The van der Waals surface area contributed by atoms with Gasteiger partial charge in [-0.3, -0.25) is 4.98 Å². The van der Waals surface area contributed by atoms with Gasteiger partial charge in [0.1, 0.15) is 11.9 Å². The summed E-state index contributed by atoms with van der Waals surface area (Å²) in [6.45, 7) is 2.70. The van der Waals surface area contributed by atoms with Gasteiger partial charge in [0.15, 0.2) is 0 Å². The lowest BCUT2D eigenvalue weighted by Crippen LogP contribution is -2.01. The van der Waals surface area contributed by atoms with Gasteiger partial charge in [0.2, 0.25) is 0 Å². The SMILES string of the molecule is CCCOc1cncc(C(O)c2cc(Br)sc2Br)c1. The first kappa shape index (κ1) is 15.0. The summed E-state index contributed by atoms with van der Waals surface area (Å²) in [6.07, 6.45) is 3.54. The van der Waals surface area contributed by atoms with Crippen molar-refractivity contribution in [3.05, 3.63) is 43.2 Å². The zero-order chi connectivity index (χ0) is 13.8. The van der Waals surface area contributed by atoms with Gasteiger partial charge in [-0.15, -0.1) is 11.3 Å². The number of pyridine rings is 1. The van der Waals surface area contributed by atoms with Crippen LogP contribution in [0, 0.1) is 0 Å². The maximum absolute atomic E-state index is 10.4. The van der Waals surface area contributed by atoms with Crippen LogP contribution in [-0.2, 0) is 0 Å². The van der Waals surface area contributed by atoms with Gasteiger partial charge in [0.25, 0.3) is 0 Å². The largest absolute Gasteiger partial charge is 0.492 e. The van der Waals surface area contributed by atoms with Crippen molar-refractivity contribution in [3.8, 4) is 5.75 Å². The Morgan fingerprint density at radius 1 is 1.37 bits per heavy atom. The molecule has 2 rings (SSSR count). The van der Waals surface area contributed by atoms with E-state index in [1.807, 2.05) is 19.1 Å². The first-order valence-corrected chi connectivity index (χ1v) is 8.22. The van der Waals surface area contributed by atoms with E-state index in [2.05, 4.69) is 36.8 Å². The third-order valence-corrected chi connectivity index (χ3v) is 4.89. The summed E-state index contributed by atoms with van der Waals surface area (Å²) in [5.41, 5.74) is 1.55. The van der Waals surface area contributed by atoms with Crippen LogP contribution in [0.15, 0.2) is 32.1 Å². The normalized spacial score (nSPS) is 12.4. The van der Waals surface area contributed by atoms with Crippen LogP contribution in [0.2, 0.25) is 0 Å². The minimum atomic E-state index is -0.713. The van der Waals surface area contributed by atoms with Crippen LogP contribution in [0.5, 0.6) is 5.75 Å². The summed E-state index contributed by atoms with van der Waals surface area (Å²) < 4.78 is 7.41. The Labute approximate surface area is 132 Å². The first-order chi connectivity index (χ1) is 9.11. The average molecular weight is 407 g/mol. The van der Waals surface area contributed by atoms with Crippen LogP contribution in [0.4, 0.5) is 0 Å². The molecular formula is C13H13Br2NO2S. The van der Waals surface area contributed by atoms with Gasteiger partial charge in [0.05, 0.1) is 20.4 Å². The lowest BCUT2D eigenvalue weighted by atomic mass is 10.1. The molecular weight excluding hydrogens is 394 g/mol. The van der Waals surface area contributed by atoms with Crippen LogP contribution in [0.25, 0.3) is 0 Å². The van der Waals surface area contributed by atoms with Gasteiger partial charge < -0.3 is 9.84 Å². The summed E-state index contributed by atoms with van der Waals surface area (Å²) in [5, 5.41) is 10.4. The van der Waals surface area contributed by atoms with Crippen molar-refractivity contribution in [2.45, 2.75) is 19.4 Å². The molecule has 1 N–H and O–H groups in total. The second-order valence-corrected chi connectivity index (χ2v) is 7.73. The molecule has 1 unspecified atom stereocenters. The molecule has 19 heavy (non-hydrogen) atoms. The van der Waals surface area contributed by atoms with Gasteiger partial charge in [-0.05, 0) is 50.4 Å². The number of rotatable bonds is 5. The molecule has 3 nitrogen and oxygen atoms in total. The molecule has 1 atom stereocenters. The average Bonchev–Trinajstić information content (AvgIpc) is 2.75. The second kappa shape index (κ2) is 6.83. The van der Waals surface area contributed by atoms with Gasteiger partial charge in [-0.1, -0.05) is 6.92 Å². The fourth-order valence-electron chi connectivity index (χ4n) is 1.60. The summed E-state index contributed by atoms with van der Waals surface area (Å²) in [5.74, 6) is 0.684. The molecule has 0 fully saturated rings. The van der Waals surface area contributed by atoms with E-state index in [0.29, 0.717) is 12.4 Å². The first-order valence-electron chi connectivity index (χ1n) is 5.82. The zero-order valence-electron chi connectivity index (χ0n) is 10.3. The highest BCUT2D eigenvalue weighted by Crippen LogP contribution is 2.38. The highest BCUT2D eigenvalue weighted by molar-refractivity contribution is 9.12. The molecule has 0 saturated carbocycles. The van der Waals surface area contributed by atoms with Crippen LogP contribution in [-0.4, -0.2) is 16.7 Å². The lowest BCUT2D eigenvalue weighted by molar-refractivity contribution is 0.218. The number of hydrogen-bond donors (Lipinski definition) is 1. The third-order valence-electron chi connectivity index (χ3n) is 2.50. The summed E-state index contributed by atoms with van der Waals surface area (Å²) in [6, 6.07) is 3.73. The molecule has 0 aliphatic heterocycles. The number of aromatic nitrogens is 1. The highest BCUT2D eigenvalue weighted by Gasteiger charge is 2.17. The van der Waals surface area contributed by atoms with Crippen LogP contribution < -0.4 is 4.74 Å². The Bertz CT molecular complexity index is 559. The molecule has 102 valence electrons. The number of nitrogens with zero attached hydrogens (tertiary/aromatic N) is 1. The number of thiophene rings is 1. The van der Waals surface area contributed by atoms with Gasteiger partial charge in [0, 0.05) is 17.3 Å². The fourth-order valence-corrected chi connectivity index (χ4v) is 4.49. The van der Waals surface area contributed by atoms with Crippen molar-refractivity contribution < 1.29 is 9.84 Å². The predicted molar refractivity (Wildman–Crippen MR) is 83.8 cm³/mol. The van der Waals surface area contributed by atoms with Crippen LogP contribution >= 0.6 is 43.2 Å². The Morgan fingerprint density at radius 3 is 2.79 bits per heavy atom. The number of aliphatic hydroxyl groups excluding tert-OH is 1. The molecule has 0 aliphatic carbocycles. The van der Waals surface area contributed by atoms with Gasteiger partial charge >= 0.3 is 0 Å². The van der Waals surface area contributed by atoms with E-state index in [9.17, 15) is 5.11 Å². The number of hydrogen-bond acceptors (Lipinski definition) is 4. The zero-order valence-corrected chi connectivity index (χ0v) is 14.3. The molecule has 6 heteroatoms. The van der Waals surface area contributed by atoms with Crippen LogP contribution in [0.1, 0.15) is 30.6 Å². The lowest BCUT2D eigenvalue weighted by Gasteiger charge is -2.11. The van der Waals surface area contributed by atoms with Crippen molar-refractivity contribution in [3.63, 3.8) is 0 Å². The Morgan fingerprint density at radius 2 is 2.16 bits per heavy atom. The predicted octanol–water partition coefficient (Wildman–Crippen LogP) is 4.54. The maximum Gasteiger partial charge on any atom is 0.137 e. The smallest absolute Gasteiger partial charge is 0.137 e. The van der Waals surface area contributed by atoms with E-state index >= 15 is 0 Å². The van der Waals surface area contributed by atoms with Gasteiger partial charge in [-0.2, -0.15) is 0 Å². The molecule has 2 aromatic heterocycles. The second-order valence-electron chi connectivity index (χ2n) is 3.98. The van der Waals surface area contributed by atoms with Crippen molar-refractivity contribution in [2.24, 2.45) is 0 Å². The number of ether oxygens (including phenoxy) is 1.